The van der Waals surface area contributed by atoms with Crippen molar-refractivity contribution in [2.45, 2.75) is 19.4 Å². The number of hydrogen-bond acceptors (Lipinski definition) is 6. The molecule has 0 aliphatic carbocycles. The van der Waals surface area contributed by atoms with Gasteiger partial charge >= 0.3 is 0 Å². The summed E-state index contributed by atoms with van der Waals surface area (Å²) in [5.74, 6) is 5.69. The van der Waals surface area contributed by atoms with E-state index in [0.717, 1.165) is 0 Å². The molecule has 108 valence electrons. The van der Waals surface area contributed by atoms with Crippen molar-refractivity contribution < 1.29 is 9.90 Å². The van der Waals surface area contributed by atoms with E-state index in [1.165, 1.54) is 6.20 Å². The lowest BCUT2D eigenvalue weighted by molar-refractivity contribution is 0.0933. The zero-order valence-corrected chi connectivity index (χ0v) is 11.4. The third-order valence-electron chi connectivity index (χ3n) is 2.56. The highest BCUT2D eigenvalue weighted by Gasteiger charge is 2.15. The fourth-order valence-corrected chi connectivity index (χ4v) is 1.51. The van der Waals surface area contributed by atoms with Crippen LogP contribution < -0.4 is 5.32 Å². The van der Waals surface area contributed by atoms with Crippen LogP contribution in [-0.4, -0.2) is 43.2 Å². The first-order valence-electron chi connectivity index (χ1n) is 6.30. The number of aromatic amines is 1. The van der Waals surface area contributed by atoms with E-state index in [1.807, 2.05) is 0 Å². The Bertz CT molecular complexity index is 642. The molecule has 1 amide bonds. The highest BCUT2D eigenvalue weighted by molar-refractivity contribution is 5.92. The van der Waals surface area contributed by atoms with Gasteiger partial charge in [0.15, 0.2) is 5.82 Å². The number of aliphatic hydroxyl groups is 1. The van der Waals surface area contributed by atoms with Crippen molar-refractivity contribution in [1.82, 2.24) is 30.9 Å². The molecule has 0 aliphatic heterocycles. The molecule has 0 fully saturated rings. The summed E-state index contributed by atoms with van der Waals surface area (Å²) in [5, 5.41) is 24.7. The highest BCUT2D eigenvalue weighted by Crippen LogP contribution is 2.06. The Morgan fingerprint density at radius 1 is 1.52 bits per heavy atom. The summed E-state index contributed by atoms with van der Waals surface area (Å²) < 4.78 is 0. The number of nitrogens with one attached hydrogen (secondary N) is 2. The number of tetrazole rings is 1. The Labute approximate surface area is 121 Å². The third-order valence-corrected chi connectivity index (χ3v) is 2.56. The summed E-state index contributed by atoms with van der Waals surface area (Å²) in [6.45, 7) is 1.77. The minimum Gasteiger partial charge on any atom is -0.395 e. The van der Waals surface area contributed by atoms with E-state index in [4.69, 9.17) is 5.11 Å². The molecule has 2 aromatic rings. The molecule has 2 heterocycles. The molecule has 0 aliphatic rings. The summed E-state index contributed by atoms with van der Waals surface area (Å²) in [5.41, 5.74) is 0.962. The smallest absolute Gasteiger partial charge is 0.270 e. The molecular weight excluding hydrogens is 272 g/mol. The van der Waals surface area contributed by atoms with Gasteiger partial charge in [0.05, 0.1) is 12.6 Å². The van der Waals surface area contributed by atoms with Crippen molar-refractivity contribution in [3.05, 3.63) is 35.4 Å². The molecule has 1 unspecified atom stereocenters. The number of rotatable bonds is 4. The van der Waals surface area contributed by atoms with E-state index in [9.17, 15) is 4.79 Å². The second-order valence-electron chi connectivity index (χ2n) is 4.17. The zero-order valence-electron chi connectivity index (χ0n) is 11.4. The van der Waals surface area contributed by atoms with Crippen molar-refractivity contribution in [2.24, 2.45) is 0 Å². The van der Waals surface area contributed by atoms with Crippen LogP contribution in [0.1, 0.15) is 41.3 Å². The van der Waals surface area contributed by atoms with Crippen molar-refractivity contribution in [2.75, 3.05) is 6.61 Å². The van der Waals surface area contributed by atoms with Gasteiger partial charge in [-0.3, -0.25) is 4.79 Å². The van der Waals surface area contributed by atoms with Crippen LogP contribution in [0.2, 0.25) is 0 Å². The number of aliphatic hydroxyl groups excluding tert-OH is 1. The standard InChI is InChI=1S/C13H14N6O2/c1-9(12-16-18-19-17-12)15-13(21)11-6-5-10(8-14-11)4-2-3-7-20/h5-6,8-9,20H,3,7H2,1H3,(H,15,21)(H,16,17,18,19). The normalized spacial score (nSPS) is 11.3. The van der Waals surface area contributed by atoms with Crippen molar-refractivity contribution in [3.63, 3.8) is 0 Å². The average molecular weight is 286 g/mol. The monoisotopic (exact) mass is 286 g/mol. The Morgan fingerprint density at radius 3 is 3.00 bits per heavy atom. The SMILES string of the molecule is CC(NC(=O)c1ccc(C#CCCO)cn1)c1nn[nH]n1. The molecular formula is C13H14N6O2. The van der Waals surface area contributed by atoms with Crippen LogP contribution in [-0.2, 0) is 0 Å². The molecule has 1 atom stereocenters. The molecule has 2 rings (SSSR count). The van der Waals surface area contributed by atoms with Gasteiger partial charge < -0.3 is 10.4 Å². The Hall–Kier alpha value is -2.79. The van der Waals surface area contributed by atoms with Gasteiger partial charge in [0.2, 0.25) is 0 Å². The molecule has 2 aromatic heterocycles. The molecule has 3 N–H and O–H groups in total. The number of H-pyrrole nitrogens is 1. The van der Waals surface area contributed by atoms with Crippen LogP contribution in [0.3, 0.4) is 0 Å². The molecule has 0 radical (unpaired) electrons. The largest absolute Gasteiger partial charge is 0.395 e. The molecule has 21 heavy (non-hydrogen) atoms. The van der Waals surface area contributed by atoms with Crippen LogP contribution in [0.4, 0.5) is 0 Å². The van der Waals surface area contributed by atoms with Gasteiger partial charge in [-0.2, -0.15) is 5.21 Å². The molecule has 0 spiro atoms. The van der Waals surface area contributed by atoms with Crippen LogP contribution >= 0.6 is 0 Å². The first-order chi connectivity index (χ1) is 10.2. The number of pyridine rings is 1. The van der Waals surface area contributed by atoms with Crippen LogP contribution in [0.5, 0.6) is 0 Å². The van der Waals surface area contributed by atoms with Gasteiger partial charge in [0.25, 0.3) is 5.91 Å². The number of hydrogen-bond donors (Lipinski definition) is 3. The van der Waals surface area contributed by atoms with Gasteiger partial charge in [-0.05, 0) is 19.1 Å². The van der Waals surface area contributed by atoms with E-state index in [1.54, 1.807) is 19.1 Å². The molecule has 0 saturated carbocycles. The maximum atomic E-state index is 12.0. The fraction of sp³-hybridized carbons (Fsp3) is 0.308. The Kier molecular flexibility index (Phi) is 4.95. The first-order valence-corrected chi connectivity index (χ1v) is 6.30. The maximum absolute atomic E-state index is 12.0. The maximum Gasteiger partial charge on any atom is 0.270 e. The second kappa shape index (κ2) is 7.12. The number of carbonyl (C=O) groups excluding carboxylic acids is 1. The lowest BCUT2D eigenvalue weighted by atomic mass is 10.2. The molecule has 0 bridgehead atoms. The zero-order chi connectivity index (χ0) is 15.1. The predicted octanol–water partition coefficient (Wildman–Crippen LogP) is -0.180. The van der Waals surface area contributed by atoms with Gasteiger partial charge in [0.1, 0.15) is 5.69 Å². The summed E-state index contributed by atoms with van der Waals surface area (Å²) in [6.07, 6.45) is 1.92. The number of amides is 1. The topological polar surface area (TPSA) is 117 Å². The summed E-state index contributed by atoms with van der Waals surface area (Å²) in [7, 11) is 0. The quantitative estimate of drug-likeness (QED) is 0.671. The van der Waals surface area contributed by atoms with Crippen molar-refractivity contribution in [3.8, 4) is 11.8 Å². The van der Waals surface area contributed by atoms with Crippen LogP contribution in [0.25, 0.3) is 0 Å². The minimum absolute atomic E-state index is 0.0227. The summed E-state index contributed by atoms with van der Waals surface area (Å²) in [4.78, 5) is 16.0. The lowest BCUT2D eigenvalue weighted by Crippen LogP contribution is -2.28. The van der Waals surface area contributed by atoms with Gasteiger partial charge in [-0.25, -0.2) is 4.98 Å². The molecule has 8 nitrogen and oxygen atoms in total. The first kappa shape index (κ1) is 14.6. The highest BCUT2D eigenvalue weighted by atomic mass is 16.2. The molecule has 0 saturated heterocycles. The van der Waals surface area contributed by atoms with E-state index < -0.39 is 0 Å². The Balaban J connectivity index is 1.98. The van der Waals surface area contributed by atoms with E-state index in [2.05, 4.69) is 42.8 Å². The van der Waals surface area contributed by atoms with Crippen molar-refractivity contribution >= 4 is 5.91 Å². The lowest BCUT2D eigenvalue weighted by Gasteiger charge is -2.09. The summed E-state index contributed by atoms with van der Waals surface area (Å²) in [6, 6.07) is 2.91. The Morgan fingerprint density at radius 2 is 2.38 bits per heavy atom. The summed E-state index contributed by atoms with van der Waals surface area (Å²) >= 11 is 0. The average Bonchev–Trinajstić information content (AvgIpc) is 3.02. The number of aromatic nitrogens is 5. The van der Waals surface area contributed by atoms with Crippen LogP contribution in [0.15, 0.2) is 18.3 Å². The predicted molar refractivity (Wildman–Crippen MR) is 72.9 cm³/mol. The van der Waals surface area contributed by atoms with Gasteiger partial charge in [-0.1, -0.05) is 17.1 Å². The van der Waals surface area contributed by atoms with E-state index in [0.29, 0.717) is 17.8 Å². The molecule has 0 aromatic carbocycles. The van der Waals surface area contributed by atoms with E-state index in [-0.39, 0.29) is 24.2 Å². The minimum atomic E-state index is -0.373. The van der Waals surface area contributed by atoms with E-state index >= 15 is 0 Å². The number of carbonyl (C=O) groups is 1. The van der Waals surface area contributed by atoms with Crippen molar-refractivity contribution in [1.29, 1.82) is 0 Å². The third kappa shape index (κ3) is 4.09. The molecule has 8 heteroatoms. The van der Waals surface area contributed by atoms with Gasteiger partial charge in [0, 0.05) is 18.2 Å². The number of nitrogens with zero attached hydrogens (tertiary/aromatic N) is 4. The van der Waals surface area contributed by atoms with Gasteiger partial charge in [-0.15, -0.1) is 10.2 Å². The fourth-order valence-electron chi connectivity index (χ4n) is 1.51. The second-order valence-corrected chi connectivity index (χ2v) is 4.17. The van der Waals surface area contributed by atoms with Crippen LogP contribution in [0, 0.1) is 11.8 Å².